The van der Waals surface area contributed by atoms with E-state index >= 15 is 0 Å². The Hall–Kier alpha value is -2.60. The van der Waals surface area contributed by atoms with E-state index < -0.39 is 23.2 Å². The molecular formula is C17H15F2N3O. The fourth-order valence-corrected chi connectivity index (χ4v) is 2.64. The third-order valence-corrected chi connectivity index (χ3v) is 3.64. The van der Waals surface area contributed by atoms with Crippen molar-refractivity contribution in [1.29, 1.82) is 0 Å². The number of aryl methyl sites for hydroxylation is 1. The predicted molar refractivity (Wildman–Crippen MR) is 84.6 cm³/mol. The van der Waals surface area contributed by atoms with Gasteiger partial charge in [-0.15, -0.1) is 0 Å². The SMILES string of the molecule is Cc1cccc2nc([C@H](C)N)n(-c3cc(F)cc(F)c3)c(=O)c12. The van der Waals surface area contributed by atoms with E-state index in [-0.39, 0.29) is 11.5 Å². The smallest absolute Gasteiger partial charge is 0.266 e. The Balaban J connectivity index is 2.47. The standard InChI is InChI=1S/C17H15F2N3O/c1-9-4-3-5-14-15(9)17(23)22(16(21-14)10(2)20)13-7-11(18)6-12(19)8-13/h3-8,10H,20H2,1-2H3/t10-/m0/s1. The van der Waals surface area contributed by atoms with Crippen LogP contribution in [0.1, 0.15) is 24.4 Å². The molecule has 1 atom stereocenters. The molecule has 0 spiro atoms. The van der Waals surface area contributed by atoms with Crippen LogP contribution in [0.3, 0.4) is 0 Å². The molecule has 0 amide bonds. The Morgan fingerprint density at radius 1 is 1.17 bits per heavy atom. The van der Waals surface area contributed by atoms with E-state index in [1.807, 2.05) is 0 Å². The molecule has 0 bridgehead atoms. The first kappa shape index (κ1) is 15.3. The third kappa shape index (κ3) is 2.61. The van der Waals surface area contributed by atoms with Crippen LogP contribution in [0.25, 0.3) is 16.6 Å². The Morgan fingerprint density at radius 2 is 1.83 bits per heavy atom. The lowest BCUT2D eigenvalue weighted by Crippen LogP contribution is -2.28. The van der Waals surface area contributed by atoms with Gasteiger partial charge >= 0.3 is 0 Å². The van der Waals surface area contributed by atoms with Gasteiger partial charge in [0.2, 0.25) is 0 Å². The number of nitrogens with zero attached hydrogens (tertiary/aromatic N) is 2. The van der Waals surface area contributed by atoms with Crippen LogP contribution in [-0.4, -0.2) is 9.55 Å². The van der Waals surface area contributed by atoms with E-state index in [0.29, 0.717) is 10.9 Å². The van der Waals surface area contributed by atoms with Crippen molar-refractivity contribution in [3.63, 3.8) is 0 Å². The van der Waals surface area contributed by atoms with Crippen molar-refractivity contribution < 1.29 is 8.78 Å². The maximum Gasteiger partial charge on any atom is 0.266 e. The van der Waals surface area contributed by atoms with Crippen molar-refractivity contribution in [2.45, 2.75) is 19.9 Å². The second kappa shape index (κ2) is 5.55. The Bertz CT molecular complexity index is 944. The molecule has 0 fully saturated rings. The molecule has 0 aliphatic heterocycles. The van der Waals surface area contributed by atoms with Crippen molar-refractivity contribution in [2.24, 2.45) is 5.73 Å². The molecule has 1 heterocycles. The number of hydrogen-bond acceptors (Lipinski definition) is 3. The maximum atomic E-state index is 13.6. The summed E-state index contributed by atoms with van der Waals surface area (Å²) in [6.45, 7) is 3.45. The minimum Gasteiger partial charge on any atom is -0.322 e. The summed E-state index contributed by atoms with van der Waals surface area (Å²) in [7, 11) is 0. The van der Waals surface area contributed by atoms with E-state index in [1.165, 1.54) is 4.57 Å². The summed E-state index contributed by atoms with van der Waals surface area (Å²) >= 11 is 0. The van der Waals surface area contributed by atoms with Gasteiger partial charge < -0.3 is 5.73 Å². The molecule has 118 valence electrons. The lowest BCUT2D eigenvalue weighted by molar-refractivity contribution is 0.579. The summed E-state index contributed by atoms with van der Waals surface area (Å²) in [5.41, 5.74) is 6.83. The summed E-state index contributed by atoms with van der Waals surface area (Å²) < 4.78 is 28.3. The summed E-state index contributed by atoms with van der Waals surface area (Å²) in [6, 6.07) is 7.63. The highest BCUT2D eigenvalue weighted by Crippen LogP contribution is 2.20. The van der Waals surface area contributed by atoms with Crippen LogP contribution in [-0.2, 0) is 0 Å². The van der Waals surface area contributed by atoms with Crippen LogP contribution in [0.5, 0.6) is 0 Å². The van der Waals surface area contributed by atoms with Crippen molar-refractivity contribution >= 4 is 10.9 Å². The molecule has 23 heavy (non-hydrogen) atoms. The summed E-state index contributed by atoms with van der Waals surface area (Å²) in [5, 5.41) is 0.404. The molecule has 2 aromatic carbocycles. The molecule has 6 heteroatoms. The van der Waals surface area contributed by atoms with Gasteiger partial charge in [-0.2, -0.15) is 0 Å². The second-order valence-electron chi connectivity index (χ2n) is 5.50. The van der Waals surface area contributed by atoms with Crippen LogP contribution in [0.15, 0.2) is 41.2 Å². The zero-order valence-electron chi connectivity index (χ0n) is 12.7. The number of fused-ring (bicyclic) bond motifs is 1. The number of benzene rings is 2. The van der Waals surface area contributed by atoms with Crippen LogP contribution in [0.2, 0.25) is 0 Å². The Morgan fingerprint density at radius 3 is 2.43 bits per heavy atom. The highest BCUT2D eigenvalue weighted by Gasteiger charge is 2.17. The van der Waals surface area contributed by atoms with Crippen molar-refractivity contribution in [3.8, 4) is 5.69 Å². The lowest BCUT2D eigenvalue weighted by Gasteiger charge is -2.16. The molecule has 1 aromatic heterocycles. The van der Waals surface area contributed by atoms with E-state index in [4.69, 9.17) is 5.73 Å². The van der Waals surface area contributed by atoms with Gasteiger partial charge in [0.05, 0.1) is 22.6 Å². The quantitative estimate of drug-likeness (QED) is 0.791. The van der Waals surface area contributed by atoms with Gasteiger partial charge in [-0.25, -0.2) is 13.8 Å². The van der Waals surface area contributed by atoms with E-state index in [1.54, 1.807) is 32.0 Å². The summed E-state index contributed by atoms with van der Waals surface area (Å²) in [6.07, 6.45) is 0. The first-order chi connectivity index (χ1) is 10.9. The molecule has 0 radical (unpaired) electrons. The van der Waals surface area contributed by atoms with Crippen LogP contribution in [0.4, 0.5) is 8.78 Å². The lowest BCUT2D eigenvalue weighted by atomic mass is 10.1. The average Bonchev–Trinajstić information content (AvgIpc) is 2.45. The molecule has 4 nitrogen and oxygen atoms in total. The van der Waals surface area contributed by atoms with Gasteiger partial charge in [0, 0.05) is 6.07 Å². The minimum atomic E-state index is -0.771. The summed E-state index contributed by atoms with van der Waals surface area (Å²) in [5.74, 6) is -1.29. The number of hydrogen-bond donors (Lipinski definition) is 1. The first-order valence-corrected chi connectivity index (χ1v) is 7.13. The van der Waals surface area contributed by atoms with Crippen molar-refractivity contribution in [3.05, 3.63) is 69.8 Å². The molecule has 0 aliphatic rings. The molecular weight excluding hydrogens is 300 g/mol. The zero-order chi connectivity index (χ0) is 16.7. The monoisotopic (exact) mass is 315 g/mol. The molecule has 0 unspecified atom stereocenters. The van der Waals surface area contributed by atoms with Gasteiger partial charge in [0.1, 0.15) is 17.5 Å². The van der Waals surface area contributed by atoms with Crippen LogP contribution in [0, 0.1) is 18.6 Å². The fraction of sp³-hybridized carbons (Fsp3) is 0.176. The maximum absolute atomic E-state index is 13.6. The van der Waals surface area contributed by atoms with Gasteiger partial charge in [-0.1, -0.05) is 12.1 Å². The van der Waals surface area contributed by atoms with Crippen molar-refractivity contribution in [1.82, 2.24) is 9.55 Å². The fourth-order valence-electron chi connectivity index (χ4n) is 2.64. The highest BCUT2D eigenvalue weighted by atomic mass is 19.1. The average molecular weight is 315 g/mol. The topological polar surface area (TPSA) is 60.9 Å². The molecule has 0 aliphatic carbocycles. The number of halogens is 2. The molecule has 0 saturated carbocycles. The highest BCUT2D eigenvalue weighted by molar-refractivity contribution is 5.81. The normalized spacial score (nSPS) is 12.6. The van der Waals surface area contributed by atoms with Crippen molar-refractivity contribution in [2.75, 3.05) is 0 Å². The predicted octanol–water partition coefficient (Wildman–Crippen LogP) is 2.99. The molecule has 0 saturated heterocycles. The first-order valence-electron chi connectivity index (χ1n) is 7.13. The number of aromatic nitrogens is 2. The molecule has 3 rings (SSSR count). The molecule has 3 aromatic rings. The molecule has 2 N–H and O–H groups in total. The van der Waals surface area contributed by atoms with E-state index in [2.05, 4.69) is 4.98 Å². The van der Waals surface area contributed by atoms with Crippen LogP contribution >= 0.6 is 0 Å². The van der Waals surface area contributed by atoms with E-state index in [9.17, 15) is 13.6 Å². The Labute approximate surface area is 131 Å². The van der Waals surface area contributed by atoms with Gasteiger partial charge in [-0.05, 0) is 37.6 Å². The van der Waals surface area contributed by atoms with Gasteiger partial charge in [0.15, 0.2) is 0 Å². The van der Waals surface area contributed by atoms with Gasteiger partial charge in [0.25, 0.3) is 5.56 Å². The third-order valence-electron chi connectivity index (χ3n) is 3.64. The van der Waals surface area contributed by atoms with E-state index in [0.717, 1.165) is 23.8 Å². The summed E-state index contributed by atoms with van der Waals surface area (Å²) in [4.78, 5) is 17.3. The number of rotatable bonds is 2. The largest absolute Gasteiger partial charge is 0.322 e. The van der Waals surface area contributed by atoms with Crippen LogP contribution < -0.4 is 11.3 Å². The number of nitrogens with two attached hydrogens (primary N) is 1. The minimum absolute atomic E-state index is 0.0671. The zero-order valence-corrected chi connectivity index (χ0v) is 12.7. The Kier molecular flexibility index (Phi) is 3.69. The van der Waals surface area contributed by atoms with Gasteiger partial charge in [-0.3, -0.25) is 9.36 Å². The second-order valence-corrected chi connectivity index (χ2v) is 5.50.